The zero-order valence-electron chi connectivity index (χ0n) is 16.9. The van der Waals surface area contributed by atoms with Gasteiger partial charge < -0.3 is 14.6 Å². The van der Waals surface area contributed by atoms with Crippen molar-refractivity contribution in [2.45, 2.75) is 13.8 Å². The van der Waals surface area contributed by atoms with Gasteiger partial charge in [0.15, 0.2) is 11.5 Å². The van der Waals surface area contributed by atoms with Crippen molar-refractivity contribution in [3.8, 4) is 11.5 Å². The minimum atomic E-state index is -0.906. The van der Waals surface area contributed by atoms with E-state index >= 15 is 0 Å². The summed E-state index contributed by atoms with van der Waals surface area (Å²) in [5.41, 5.74) is 0.582. The number of urea groups is 1. The minimum Gasteiger partial charge on any atom is -0.504 e. The highest BCUT2D eigenvalue weighted by molar-refractivity contribution is 6.39. The van der Waals surface area contributed by atoms with Crippen molar-refractivity contribution in [3.05, 3.63) is 59.2 Å². The Hall–Kier alpha value is -4.14. The lowest BCUT2D eigenvalue weighted by Crippen LogP contribution is -2.54. The standard InChI is InChI=1S/C22H20N2O7/c1-3-30-18-12-13(5-10-17(18)25)11-16-19(26)23-22(29)24(20(16)27)15-8-6-14(7-9-15)21(28)31-4-2/h5-12,25H,3-4H2,1-2H3,(H,23,26,29). The predicted molar refractivity (Wildman–Crippen MR) is 111 cm³/mol. The summed E-state index contributed by atoms with van der Waals surface area (Å²) in [7, 11) is 0. The number of nitrogens with zero attached hydrogens (tertiary/aromatic N) is 1. The summed E-state index contributed by atoms with van der Waals surface area (Å²) in [5.74, 6) is -2.09. The lowest BCUT2D eigenvalue weighted by atomic mass is 10.1. The van der Waals surface area contributed by atoms with Crippen molar-refractivity contribution in [2.75, 3.05) is 18.1 Å². The van der Waals surface area contributed by atoms with Crippen molar-refractivity contribution in [1.29, 1.82) is 0 Å². The first kappa shape index (κ1) is 21.6. The van der Waals surface area contributed by atoms with Crippen LogP contribution in [-0.4, -0.2) is 42.1 Å². The van der Waals surface area contributed by atoms with Crippen molar-refractivity contribution in [3.63, 3.8) is 0 Å². The molecular formula is C22H20N2O7. The van der Waals surface area contributed by atoms with E-state index in [1.165, 1.54) is 48.5 Å². The van der Waals surface area contributed by atoms with E-state index in [4.69, 9.17) is 9.47 Å². The number of phenols is 1. The first-order chi connectivity index (χ1) is 14.8. The van der Waals surface area contributed by atoms with Crippen molar-refractivity contribution >= 4 is 35.6 Å². The van der Waals surface area contributed by atoms with Crippen LogP contribution < -0.4 is 15.0 Å². The number of hydrogen-bond donors (Lipinski definition) is 2. The Balaban J connectivity index is 1.93. The summed E-state index contributed by atoms with van der Waals surface area (Å²) < 4.78 is 10.2. The average Bonchev–Trinajstić information content (AvgIpc) is 2.74. The van der Waals surface area contributed by atoms with Crippen LogP contribution in [0.5, 0.6) is 11.5 Å². The zero-order chi connectivity index (χ0) is 22.5. The van der Waals surface area contributed by atoms with Gasteiger partial charge in [-0.05, 0) is 61.9 Å². The molecule has 9 heteroatoms. The molecule has 1 saturated heterocycles. The smallest absolute Gasteiger partial charge is 0.338 e. The van der Waals surface area contributed by atoms with Crippen molar-refractivity contribution in [2.24, 2.45) is 0 Å². The molecule has 0 aromatic heterocycles. The van der Waals surface area contributed by atoms with Gasteiger partial charge in [-0.2, -0.15) is 0 Å². The number of benzene rings is 2. The van der Waals surface area contributed by atoms with Crippen molar-refractivity contribution in [1.82, 2.24) is 5.32 Å². The number of imide groups is 2. The lowest BCUT2D eigenvalue weighted by Gasteiger charge is -2.26. The molecule has 9 nitrogen and oxygen atoms in total. The Bertz CT molecular complexity index is 1070. The molecule has 0 atom stereocenters. The minimum absolute atomic E-state index is 0.0816. The van der Waals surface area contributed by atoms with Gasteiger partial charge in [0, 0.05) is 0 Å². The monoisotopic (exact) mass is 424 g/mol. The molecular weight excluding hydrogens is 404 g/mol. The normalized spacial score (nSPS) is 15.1. The fourth-order valence-corrected chi connectivity index (χ4v) is 2.91. The van der Waals surface area contributed by atoms with Gasteiger partial charge in [0.2, 0.25) is 0 Å². The van der Waals surface area contributed by atoms with Gasteiger partial charge in [0.05, 0.1) is 24.5 Å². The molecule has 3 rings (SSSR count). The summed E-state index contributed by atoms with van der Waals surface area (Å²) in [5, 5.41) is 11.9. The summed E-state index contributed by atoms with van der Waals surface area (Å²) in [6, 6.07) is 9.10. The second-order valence-corrected chi connectivity index (χ2v) is 6.39. The zero-order valence-corrected chi connectivity index (χ0v) is 16.9. The molecule has 1 aliphatic heterocycles. The number of anilines is 1. The summed E-state index contributed by atoms with van der Waals surface area (Å²) in [6.07, 6.45) is 1.30. The molecule has 2 aromatic rings. The number of rotatable bonds is 6. The number of amides is 4. The third kappa shape index (κ3) is 4.55. The molecule has 0 bridgehead atoms. The van der Waals surface area contributed by atoms with E-state index in [0.29, 0.717) is 12.2 Å². The van der Waals surface area contributed by atoms with Gasteiger partial charge in [0.1, 0.15) is 5.57 Å². The molecule has 0 radical (unpaired) electrons. The van der Waals surface area contributed by atoms with Crippen molar-refractivity contribution < 1.29 is 33.8 Å². The molecule has 1 fully saturated rings. The Labute approximate surface area is 177 Å². The maximum absolute atomic E-state index is 13.0. The molecule has 0 unspecified atom stereocenters. The van der Waals surface area contributed by atoms with E-state index in [1.807, 2.05) is 0 Å². The first-order valence-electron chi connectivity index (χ1n) is 9.50. The van der Waals surface area contributed by atoms with Gasteiger partial charge in [-0.15, -0.1) is 0 Å². The van der Waals surface area contributed by atoms with E-state index in [2.05, 4.69) is 5.32 Å². The number of barbiturate groups is 1. The van der Waals surface area contributed by atoms with Crippen LogP contribution >= 0.6 is 0 Å². The SMILES string of the molecule is CCOC(=O)c1ccc(N2C(=O)NC(=O)C(=Cc3ccc(O)c(OCC)c3)C2=O)cc1. The topological polar surface area (TPSA) is 122 Å². The average molecular weight is 424 g/mol. The van der Waals surface area contributed by atoms with E-state index < -0.39 is 23.8 Å². The molecule has 2 N–H and O–H groups in total. The number of aromatic hydroxyl groups is 1. The number of ether oxygens (including phenoxy) is 2. The van der Waals surface area contributed by atoms with E-state index in [0.717, 1.165) is 4.90 Å². The Morgan fingerprint density at radius 1 is 1.06 bits per heavy atom. The molecule has 160 valence electrons. The van der Waals surface area contributed by atoms with E-state index in [-0.39, 0.29) is 34.9 Å². The van der Waals surface area contributed by atoms with E-state index in [9.17, 15) is 24.3 Å². The predicted octanol–water partition coefficient (Wildman–Crippen LogP) is 2.63. The molecule has 0 saturated carbocycles. The number of carbonyl (C=O) groups excluding carboxylic acids is 4. The summed E-state index contributed by atoms with van der Waals surface area (Å²) >= 11 is 0. The van der Waals surface area contributed by atoms with Crippen LogP contribution in [0.1, 0.15) is 29.8 Å². The second kappa shape index (κ2) is 9.12. The third-order valence-electron chi connectivity index (χ3n) is 4.33. The largest absolute Gasteiger partial charge is 0.504 e. The third-order valence-corrected chi connectivity index (χ3v) is 4.33. The van der Waals surface area contributed by atoms with E-state index in [1.54, 1.807) is 13.8 Å². The highest BCUT2D eigenvalue weighted by atomic mass is 16.5. The van der Waals surface area contributed by atoms with Gasteiger partial charge in [-0.1, -0.05) is 6.07 Å². The van der Waals surface area contributed by atoms with Gasteiger partial charge >= 0.3 is 12.0 Å². The number of carbonyl (C=O) groups is 4. The van der Waals surface area contributed by atoms with Gasteiger partial charge in [-0.3, -0.25) is 14.9 Å². The maximum atomic E-state index is 13.0. The Morgan fingerprint density at radius 3 is 2.42 bits per heavy atom. The van der Waals surface area contributed by atoms with Crippen LogP contribution in [0, 0.1) is 0 Å². The fraction of sp³-hybridized carbons (Fsp3) is 0.182. The quantitative estimate of drug-likeness (QED) is 0.415. The van der Waals surface area contributed by atoms with Crippen LogP contribution in [-0.2, 0) is 14.3 Å². The Morgan fingerprint density at radius 2 is 1.77 bits per heavy atom. The van der Waals surface area contributed by atoms with Gasteiger partial charge in [-0.25, -0.2) is 14.5 Å². The van der Waals surface area contributed by atoms with Crippen LogP contribution in [0.25, 0.3) is 6.08 Å². The van der Waals surface area contributed by atoms with Gasteiger partial charge in [0.25, 0.3) is 11.8 Å². The highest BCUT2D eigenvalue weighted by Gasteiger charge is 2.36. The van der Waals surface area contributed by atoms with Crippen LogP contribution in [0.4, 0.5) is 10.5 Å². The summed E-state index contributed by atoms with van der Waals surface area (Å²) in [6.45, 7) is 3.96. The van der Waals surface area contributed by atoms with Crippen LogP contribution in [0.15, 0.2) is 48.0 Å². The molecule has 1 aliphatic rings. The number of phenolic OH excluding ortho intramolecular Hbond substituents is 1. The molecule has 0 spiro atoms. The molecule has 31 heavy (non-hydrogen) atoms. The number of nitrogens with one attached hydrogen (secondary N) is 1. The molecule has 2 aromatic carbocycles. The highest BCUT2D eigenvalue weighted by Crippen LogP contribution is 2.29. The first-order valence-corrected chi connectivity index (χ1v) is 9.50. The van der Waals surface area contributed by atoms with Crippen LogP contribution in [0.2, 0.25) is 0 Å². The number of hydrogen-bond acceptors (Lipinski definition) is 7. The van der Waals surface area contributed by atoms with Crippen LogP contribution in [0.3, 0.4) is 0 Å². The maximum Gasteiger partial charge on any atom is 0.338 e. The lowest BCUT2D eigenvalue weighted by molar-refractivity contribution is -0.122. The number of esters is 1. The molecule has 0 aliphatic carbocycles. The second-order valence-electron chi connectivity index (χ2n) is 6.39. The Kier molecular flexibility index (Phi) is 6.35. The molecule has 1 heterocycles. The summed E-state index contributed by atoms with van der Waals surface area (Å²) in [4.78, 5) is 50.2. The molecule has 4 amide bonds. The fourth-order valence-electron chi connectivity index (χ4n) is 2.91.